The van der Waals surface area contributed by atoms with Crippen molar-refractivity contribution in [3.63, 3.8) is 0 Å². The Morgan fingerprint density at radius 1 is 1.43 bits per heavy atom. The Bertz CT molecular complexity index is 566. The molecule has 1 aliphatic heterocycles. The highest BCUT2D eigenvalue weighted by Gasteiger charge is 2.67. The van der Waals surface area contributed by atoms with Gasteiger partial charge in [0.25, 0.3) is 0 Å². The van der Waals surface area contributed by atoms with E-state index in [0.717, 1.165) is 5.56 Å². The van der Waals surface area contributed by atoms with Gasteiger partial charge in [-0.1, -0.05) is 35.4 Å². The van der Waals surface area contributed by atoms with E-state index in [9.17, 15) is 10.2 Å². The second kappa shape index (κ2) is 5.49. The monoisotopic (exact) mass is 309 g/mol. The number of azide groups is 1. The van der Waals surface area contributed by atoms with Gasteiger partial charge in [-0.15, -0.1) is 12.6 Å². The van der Waals surface area contributed by atoms with E-state index in [2.05, 4.69) is 22.7 Å². The molecule has 1 aliphatic carbocycles. The molecule has 1 aromatic rings. The minimum absolute atomic E-state index is 0.206. The lowest BCUT2D eigenvalue weighted by atomic mass is 9.62. The van der Waals surface area contributed by atoms with Crippen LogP contribution in [0.4, 0.5) is 0 Å². The lowest BCUT2D eigenvalue weighted by Gasteiger charge is -2.59. The predicted octanol–water partition coefficient (Wildman–Crippen LogP) is 1.39. The number of hydrogen-bond acceptors (Lipinski definition) is 6. The molecular formula is C13H15N3O4S. The lowest BCUT2D eigenvalue weighted by Crippen LogP contribution is -2.75. The van der Waals surface area contributed by atoms with Crippen LogP contribution in [0.1, 0.15) is 11.9 Å². The highest BCUT2D eigenvalue weighted by molar-refractivity contribution is 7.80. The molecule has 0 amide bonds. The van der Waals surface area contributed by atoms with Crippen molar-refractivity contribution < 1.29 is 19.7 Å². The average Bonchev–Trinajstić information content (AvgIpc) is 2.52. The summed E-state index contributed by atoms with van der Waals surface area (Å²) in [6.45, 7) is 0.206. The quantitative estimate of drug-likeness (QED) is 0.258. The number of benzene rings is 1. The number of fused-ring (bicyclic) bond motifs is 1. The third-order valence-corrected chi connectivity index (χ3v) is 4.60. The Balaban J connectivity index is 1.81. The topological polar surface area (TPSA) is 108 Å². The summed E-state index contributed by atoms with van der Waals surface area (Å²) in [5.74, 6) is -0.434. The van der Waals surface area contributed by atoms with E-state index >= 15 is 0 Å². The van der Waals surface area contributed by atoms with Gasteiger partial charge in [-0.2, -0.15) is 0 Å². The third kappa shape index (κ3) is 2.12. The van der Waals surface area contributed by atoms with Crippen LogP contribution in [0, 0.1) is 5.92 Å². The maximum absolute atomic E-state index is 10.3. The smallest absolute Gasteiger partial charge is 0.184 e. The van der Waals surface area contributed by atoms with E-state index in [0.29, 0.717) is 0 Å². The van der Waals surface area contributed by atoms with Crippen LogP contribution in [0.5, 0.6) is 0 Å². The molecule has 0 spiro atoms. The Morgan fingerprint density at radius 3 is 2.76 bits per heavy atom. The SMILES string of the molecule is [N-]=[N+]=NC1([C@@H](O)S)C(O)[C@H]2OC(c3ccccc3)OCC21. The number of ether oxygens (including phenoxy) is 2. The van der Waals surface area contributed by atoms with Crippen LogP contribution in [-0.2, 0) is 9.47 Å². The molecule has 3 rings (SSSR count). The Kier molecular flexibility index (Phi) is 3.83. The molecule has 7 nitrogen and oxygen atoms in total. The number of thiol groups is 1. The standard InChI is InChI=1S/C13H15N3O4S/c14-16-15-13(12(18)21)8-6-19-11(20-9(8)10(13)17)7-4-2-1-3-5-7/h1-5,8-12,17-18,21H,6H2/t8?,9-,10?,11?,12-,13?/m0/s1. The van der Waals surface area contributed by atoms with E-state index in [-0.39, 0.29) is 6.61 Å². The van der Waals surface area contributed by atoms with Crippen molar-refractivity contribution in [3.8, 4) is 0 Å². The minimum Gasteiger partial charge on any atom is -0.390 e. The van der Waals surface area contributed by atoms with Gasteiger partial charge in [-0.05, 0) is 5.53 Å². The third-order valence-electron chi connectivity index (χ3n) is 4.19. The highest BCUT2D eigenvalue weighted by Crippen LogP contribution is 2.51. The van der Waals surface area contributed by atoms with Gasteiger partial charge in [-0.3, -0.25) is 0 Å². The molecule has 21 heavy (non-hydrogen) atoms. The summed E-state index contributed by atoms with van der Waals surface area (Å²) in [6.07, 6.45) is -2.26. The molecule has 0 aromatic heterocycles. The van der Waals surface area contributed by atoms with Gasteiger partial charge in [0.15, 0.2) is 6.29 Å². The Morgan fingerprint density at radius 2 is 2.14 bits per heavy atom. The molecule has 8 heteroatoms. The molecule has 6 atom stereocenters. The predicted molar refractivity (Wildman–Crippen MR) is 76.4 cm³/mol. The first kappa shape index (κ1) is 14.6. The summed E-state index contributed by atoms with van der Waals surface area (Å²) in [5.41, 5.74) is 6.82. The molecule has 2 aliphatic rings. The van der Waals surface area contributed by atoms with Crippen LogP contribution < -0.4 is 0 Å². The van der Waals surface area contributed by atoms with Gasteiger partial charge < -0.3 is 19.7 Å². The fourth-order valence-corrected chi connectivity index (χ4v) is 3.41. The van der Waals surface area contributed by atoms with Gasteiger partial charge in [0.2, 0.25) is 0 Å². The van der Waals surface area contributed by atoms with Crippen molar-refractivity contribution in [2.75, 3.05) is 6.61 Å². The summed E-state index contributed by atoms with van der Waals surface area (Å²) >= 11 is 3.93. The van der Waals surface area contributed by atoms with Crippen molar-refractivity contribution in [1.82, 2.24) is 0 Å². The van der Waals surface area contributed by atoms with Crippen LogP contribution in [0.15, 0.2) is 35.4 Å². The van der Waals surface area contributed by atoms with Crippen molar-refractivity contribution in [1.29, 1.82) is 0 Å². The molecule has 4 unspecified atom stereocenters. The summed E-state index contributed by atoms with van der Waals surface area (Å²) in [6, 6.07) is 9.35. The van der Waals surface area contributed by atoms with Crippen LogP contribution in [0.2, 0.25) is 0 Å². The molecule has 0 radical (unpaired) electrons. The minimum atomic E-state index is -1.41. The second-order valence-electron chi connectivity index (χ2n) is 5.18. The van der Waals surface area contributed by atoms with Gasteiger partial charge in [0.1, 0.15) is 11.0 Å². The molecule has 1 saturated heterocycles. The number of hydrogen-bond donors (Lipinski definition) is 3. The largest absolute Gasteiger partial charge is 0.390 e. The van der Waals surface area contributed by atoms with Crippen molar-refractivity contribution >= 4 is 12.6 Å². The summed E-state index contributed by atoms with van der Waals surface area (Å²) in [7, 11) is 0. The zero-order chi connectivity index (χ0) is 15.0. The van der Waals surface area contributed by atoms with E-state index in [1.807, 2.05) is 30.3 Å². The van der Waals surface area contributed by atoms with Crippen LogP contribution in [-0.4, -0.2) is 40.0 Å². The van der Waals surface area contributed by atoms with E-state index in [1.54, 1.807) is 0 Å². The lowest BCUT2D eigenvalue weighted by molar-refractivity contribution is -0.330. The van der Waals surface area contributed by atoms with Gasteiger partial charge in [0.05, 0.1) is 18.8 Å². The summed E-state index contributed by atoms with van der Waals surface area (Å²) < 4.78 is 11.4. The number of aliphatic hydroxyl groups excluding tert-OH is 2. The maximum atomic E-state index is 10.3. The van der Waals surface area contributed by atoms with Gasteiger partial charge in [-0.25, -0.2) is 0 Å². The Labute approximate surface area is 126 Å². The molecule has 2 fully saturated rings. The molecule has 112 valence electrons. The van der Waals surface area contributed by atoms with Crippen LogP contribution in [0.3, 0.4) is 0 Å². The molecule has 1 aromatic carbocycles. The second-order valence-corrected chi connectivity index (χ2v) is 5.67. The maximum Gasteiger partial charge on any atom is 0.184 e. The van der Waals surface area contributed by atoms with Crippen molar-refractivity contribution in [2.45, 2.75) is 29.5 Å². The zero-order valence-electron chi connectivity index (χ0n) is 11.0. The first-order valence-corrected chi connectivity index (χ1v) is 7.05. The van der Waals surface area contributed by atoms with Crippen molar-refractivity contribution in [2.24, 2.45) is 11.0 Å². The summed E-state index contributed by atoms with van der Waals surface area (Å²) in [4.78, 5) is 2.71. The van der Waals surface area contributed by atoms with Crippen molar-refractivity contribution in [3.05, 3.63) is 46.3 Å². The highest BCUT2D eigenvalue weighted by atomic mass is 32.1. The number of nitrogens with zero attached hydrogens (tertiary/aromatic N) is 3. The number of rotatable bonds is 3. The normalized spacial score (nSPS) is 39.6. The molecule has 2 N–H and O–H groups in total. The molecule has 1 heterocycles. The van der Waals surface area contributed by atoms with E-state index in [1.165, 1.54) is 0 Å². The summed E-state index contributed by atoms with van der Waals surface area (Å²) in [5, 5.41) is 23.6. The van der Waals surface area contributed by atoms with Gasteiger partial charge in [0, 0.05) is 16.4 Å². The number of aliphatic hydroxyl groups is 2. The first-order chi connectivity index (χ1) is 10.1. The van der Waals surface area contributed by atoms with Crippen LogP contribution >= 0.6 is 12.6 Å². The fraction of sp³-hybridized carbons (Fsp3) is 0.538. The molecule has 0 bridgehead atoms. The van der Waals surface area contributed by atoms with Gasteiger partial charge >= 0.3 is 0 Å². The first-order valence-electron chi connectivity index (χ1n) is 6.53. The zero-order valence-corrected chi connectivity index (χ0v) is 11.9. The van der Waals surface area contributed by atoms with Crippen LogP contribution in [0.25, 0.3) is 10.4 Å². The fourth-order valence-electron chi connectivity index (χ4n) is 3.01. The average molecular weight is 309 g/mol. The Hall–Kier alpha value is -1.28. The van der Waals surface area contributed by atoms with E-state index in [4.69, 9.17) is 15.0 Å². The molecular weight excluding hydrogens is 294 g/mol. The molecule has 1 saturated carbocycles. The van der Waals surface area contributed by atoms with E-state index < -0.39 is 35.4 Å².